The molecule has 0 aromatic carbocycles. The summed E-state index contributed by atoms with van der Waals surface area (Å²) in [7, 11) is 0. The first-order chi connectivity index (χ1) is 10.3. The van der Waals surface area contributed by atoms with Crippen molar-refractivity contribution in [2.24, 2.45) is 0 Å². The molecule has 2 heterocycles. The normalized spacial score (nSPS) is 11.9. The number of hydrogen-bond donors (Lipinski definition) is 1. The molecule has 0 bridgehead atoms. The van der Waals surface area contributed by atoms with Crippen LogP contribution in [-0.4, -0.2) is 33.4 Å². The molecule has 1 N–H and O–H groups in total. The molecule has 0 saturated heterocycles. The van der Waals surface area contributed by atoms with Crippen molar-refractivity contribution in [2.75, 3.05) is 0 Å². The van der Waals surface area contributed by atoms with Crippen molar-refractivity contribution in [1.29, 1.82) is 0 Å². The molecule has 7 nitrogen and oxygen atoms in total. The van der Waals surface area contributed by atoms with E-state index in [0.29, 0.717) is 18.5 Å². The van der Waals surface area contributed by atoms with Crippen molar-refractivity contribution < 1.29 is 14.0 Å². The minimum atomic E-state index is -0.639. The molecule has 2 aromatic heterocycles. The van der Waals surface area contributed by atoms with E-state index in [9.17, 15) is 9.59 Å². The Balaban J connectivity index is 2.15. The van der Waals surface area contributed by atoms with Gasteiger partial charge in [0.05, 0.1) is 6.04 Å². The molecular weight excluding hydrogens is 272 g/mol. The summed E-state index contributed by atoms with van der Waals surface area (Å²) < 4.78 is 5.35. The average Bonchev–Trinajstić information content (AvgIpc) is 3.01. The summed E-state index contributed by atoms with van der Waals surface area (Å²) in [4.78, 5) is 26.9. The largest absolute Gasteiger partial charge is 0.412 e. The van der Waals surface area contributed by atoms with Gasteiger partial charge in [0, 0.05) is 6.20 Å². The summed E-state index contributed by atoms with van der Waals surface area (Å²) in [5.41, 5.74) is 0.498. The topological polar surface area (TPSA) is 98.0 Å². The number of carbonyl (C=O) groups is 2. The molecule has 0 fully saturated rings. The van der Waals surface area contributed by atoms with Crippen LogP contribution in [0.5, 0.6) is 0 Å². The maximum atomic E-state index is 12.2. The molecule has 21 heavy (non-hydrogen) atoms. The summed E-state index contributed by atoms with van der Waals surface area (Å²) >= 11 is 0. The van der Waals surface area contributed by atoms with Crippen LogP contribution in [-0.2, 0) is 4.79 Å². The monoisotopic (exact) mass is 288 g/mol. The average molecular weight is 288 g/mol. The fourth-order valence-corrected chi connectivity index (χ4v) is 1.85. The minimum absolute atomic E-state index is 0.119. The Hall–Kier alpha value is -2.57. The number of nitrogens with zero attached hydrogens (tertiary/aromatic N) is 3. The Morgan fingerprint density at radius 3 is 2.95 bits per heavy atom. The van der Waals surface area contributed by atoms with Crippen molar-refractivity contribution in [3.8, 4) is 11.6 Å². The van der Waals surface area contributed by atoms with Gasteiger partial charge in [0.2, 0.25) is 12.2 Å². The Bertz CT molecular complexity index is 597. The third-order valence-corrected chi connectivity index (χ3v) is 2.95. The number of pyridine rings is 1. The number of Topliss-reactive ketones (excluding diaryl/α,β-unsaturated/α-hetero) is 1. The van der Waals surface area contributed by atoms with Crippen molar-refractivity contribution in [3.05, 3.63) is 30.3 Å². The summed E-state index contributed by atoms with van der Waals surface area (Å²) in [6.45, 7) is 2.01. The van der Waals surface area contributed by atoms with Gasteiger partial charge in [-0.3, -0.25) is 14.6 Å². The zero-order valence-corrected chi connectivity index (χ0v) is 11.7. The SMILES string of the molecule is CCCCC(NC=O)C(=O)c1nnc(-c2ccccn2)o1. The first-order valence-corrected chi connectivity index (χ1v) is 6.75. The summed E-state index contributed by atoms with van der Waals surface area (Å²) in [6.07, 6.45) is 4.38. The van der Waals surface area contributed by atoms with Crippen molar-refractivity contribution in [2.45, 2.75) is 32.2 Å². The van der Waals surface area contributed by atoms with E-state index in [-0.39, 0.29) is 17.6 Å². The Kier molecular flexibility index (Phi) is 5.14. The fraction of sp³-hybridized carbons (Fsp3) is 0.357. The molecular formula is C14H16N4O3. The minimum Gasteiger partial charge on any atom is -0.412 e. The molecule has 2 rings (SSSR count). The number of hydrogen-bond acceptors (Lipinski definition) is 6. The van der Waals surface area contributed by atoms with Crippen LogP contribution in [0, 0.1) is 0 Å². The van der Waals surface area contributed by atoms with E-state index in [1.807, 2.05) is 6.92 Å². The van der Waals surface area contributed by atoms with E-state index < -0.39 is 6.04 Å². The summed E-state index contributed by atoms with van der Waals surface area (Å²) in [5.74, 6) is -0.323. The number of aromatic nitrogens is 3. The quantitative estimate of drug-likeness (QED) is 0.585. The van der Waals surface area contributed by atoms with E-state index in [1.54, 1.807) is 24.4 Å². The lowest BCUT2D eigenvalue weighted by atomic mass is 10.1. The Morgan fingerprint density at radius 2 is 2.29 bits per heavy atom. The van der Waals surface area contributed by atoms with Crippen LogP contribution < -0.4 is 5.32 Å². The third kappa shape index (κ3) is 3.71. The highest BCUT2D eigenvalue weighted by Crippen LogP contribution is 2.16. The third-order valence-electron chi connectivity index (χ3n) is 2.95. The van der Waals surface area contributed by atoms with Crippen molar-refractivity contribution >= 4 is 12.2 Å². The zero-order valence-electron chi connectivity index (χ0n) is 11.7. The highest BCUT2D eigenvalue weighted by molar-refractivity contribution is 5.97. The standard InChI is InChI=1S/C14H16N4O3/c1-2-3-6-10(16-9-19)12(20)14-18-17-13(21-14)11-7-4-5-8-15-11/h4-5,7-10H,2-3,6H2,1H3,(H,16,19). The number of unbranched alkanes of at least 4 members (excludes halogenated alkanes) is 1. The second-order valence-electron chi connectivity index (χ2n) is 4.47. The van der Waals surface area contributed by atoms with Gasteiger partial charge in [-0.05, 0) is 18.6 Å². The van der Waals surface area contributed by atoms with Crippen LogP contribution in [0.4, 0.5) is 0 Å². The summed E-state index contributed by atoms with van der Waals surface area (Å²) in [5, 5.41) is 10.0. The Morgan fingerprint density at radius 1 is 1.43 bits per heavy atom. The predicted molar refractivity (Wildman–Crippen MR) is 74.4 cm³/mol. The molecule has 110 valence electrons. The van der Waals surface area contributed by atoms with Gasteiger partial charge >= 0.3 is 0 Å². The van der Waals surface area contributed by atoms with Gasteiger partial charge in [-0.25, -0.2) is 0 Å². The molecule has 1 unspecified atom stereocenters. The molecule has 0 aliphatic rings. The number of ketones is 1. The van der Waals surface area contributed by atoms with Gasteiger partial charge < -0.3 is 9.73 Å². The lowest BCUT2D eigenvalue weighted by Crippen LogP contribution is -2.36. The highest BCUT2D eigenvalue weighted by atomic mass is 16.4. The highest BCUT2D eigenvalue weighted by Gasteiger charge is 2.24. The molecule has 1 atom stereocenters. The predicted octanol–water partition coefficient (Wildman–Crippen LogP) is 1.62. The van der Waals surface area contributed by atoms with Crippen LogP contribution in [0.25, 0.3) is 11.6 Å². The van der Waals surface area contributed by atoms with Gasteiger partial charge in [-0.15, -0.1) is 10.2 Å². The number of amides is 1. The molecule has 0 aliphatic carbocycles. The maximum Gasteiger partial charge on any atom is 0.286 e. The Labute approximate surface area is 121 Å². The second kappa shape index (κ2) is 7.28. The molecule has 7 heteroatoms. The van der Waals surface area contributed by atoms with Crippen molar-refractivity contribution in [3.63, 3.8) is 0 Å². The van der Waals surface area contributed by atoms with Crippen LogP contribution >= 0.6 is 0 Å². The lowest BCUT2D eigenvalue weighted by Gasteiger charge is -2.11. The number of carbonyl (C=O) groups excluding carboxylic acids is 2. The van der Waals surface area contributed by atoms with Gasteiger partial charge in [0.1, 0.15) is 5.69 Å². The van der Waals surface area contributed by atoms with E-state index in [4.69, 9.17) is 4.42 Å². The summed E-state index contributed by atoms with van der Waals surface area (Å²) in [6, 6.07) is 4.62. The van der Waals surface area contributed by atoms with E-state index in [1.165, 1.54) is 0 Å². The zero-order chi connectivity index (χ0) is 15.1. The van der Waals surface area contributed by atoms with E-state index >= 15 is 0 Å². The molecule has 0 spiro atoms. The first-order valence-electron chi connectivity index (χ1n) is 6.75. The fourth-order valence-electron chi connectivity index (χ4n) is 1.85. The molecule has 1 amide bonds. The van der Waals surface area contributed by atoms with Gasteiger partial charge in [-0.1, -0.05) is 25.8 Å². The molecule has 0 aliphatic heterocycles. The lowest BCUT2D eigenvalue weighted by molar-refractivity contribution is -0.110. The number of nitrogens with one attached hydrogen (secondary N) is 1. The first kappa shape index (κ1) is 14.8. The van der Waals surface area contributed by atoms with E-state index in [2.05, 4.69) is 20.5 Å². The molecule has 2 aromatic rings. The van der Waals surface area contributed by atoms with E-state index in [0.717, 1.165) is 12.8 Å². The van der Waals surface area contributed by atoms with Crippen LogP contribution in [0.1, 0.15) is 36.9 Å². The van der Waals surface area contributed by atoms with Gasteiger partial charge in [0.25, 0.3) is 11.8 Å². The van der Waals surface area contributed by atoms with Crippen LogP contribution in [0.2, 0.25) is 0 Å². The van der Waals surface area contributed by atoms with Gasteiger partial charge in [0.15, 0.2) is 0 Å². The van der Waals surface area contributed by atoms with Crippen LogP contribution in [0.15, 0.2) is 28.8 Å². The van der Waals surface area contributed by atoms with Crippen molar-refractivity contribution in [1.82, 2.24) is 20.5 Å². The van der Waals surface area contributed by atoms with Gasteiger partial charge in [-0.2, -0.15) is 0 Å². The second-order valence-corrected chi connectivity index (χ2v) is 4.47. The maximum absolute atomic E-state index is 12.2. The smallest absolute Gasteiger partial charge is 0.286 e. The van der Waals surface area contributed by atoms with Crippen LogP contribution in [0.3, 0.4) is 0 Å². The number of rotatable bonds is 8. The molecule has 0 radical (unpaired) electrons. The molecule has 0 saturated carbocycles.